The molecule has 0 saturated carbocycles. The number of carboxylic acids is 1. The molecule has 0 amide bonds. The summed E-state index contributed by atoms with van der Waals surface area (Å²) < 4.78 is 5.26. The molecule has 1 saturated heterocycles. The van der Waals surface area contributed by atoms with Crippen molar-refractivity contribution in [3.8, 4) is 5.75 Å². The molecule has 1 aliphatic heterocycles. The van der Waals surface area contributed by atoms with Gasteiger partial charge in [-0.1, -0.05) is 6.07 Å². The lowest BCUT2D eigenvalue weighted by molar-refractivity contribution is 0.0395. The number of hydrogen-bond donors (Lipinski definition) is 2. The molecule has 2 rings (SSSR count). The second-order valence-electron chi connectivity index (χ2n) is 4.54. The van der Waals surface area contributed by atoms with Gasteiger partial charge in [-0.2, -0.15) is 0 Å². The number of phenols is 1. The monoisotopic (exact) mass is 278 g/mol. The molecule has 1 aromatic carbocycles. The molecule has 1 aromatic rings. The van der Waals surface area contributed by atoms with Gasteiger partial charge in [-0.25, -0.2) is 4.79 Å². The van der Waals surface area contributed by atoms with E-state index < -0.39 is 5.97 Å². The van der Waals surface area contributed by atoms with E-state index in [1.54, 1.807) is 12.1 Å². The fraction of sp³-hybridized carbons (Fsp3) is 0.429. The Morgan fingerprint density at radius 2 is 2.15 bits per heavy atom. The van der Waals surface area contributed by atoms with Crippen LogP contribution in [-0.2, 0) is 4.74 Å². The van der Waals surface area contributed by atoms with Crippen LogP contribution >= 0.6 is 0 Å². The second kappa shape index (κ2) is 7.02. The van der Waals surface area contributed by atoms with Crippen molar-refractivity contribution >= 4 is 12.2 Å². The summed E-state index contributed by atoms with van der Waals surface area (Å²) in [7, 11) is 0. The average molecular weight is 278 g/mol. The van der Waals surface area contributed by atoms with Crippen LogP contribution in [0.5, 0.6) is 5.75 Å². The Bertz CT molecular complexity index is 496. The molecule has 0 bridgehead atoms. The predicted octanol–water partition coefficient (Wildman–Crippen LogP) is 0.841. The van der Waals surface area contributed by atoms with E-state index in [1.165, 1.54) is 12.3 Å². The fourth-order valence-corrected chi connectivity index (χ4v) is 2.02. The predicted molar refractivity (Wildman–Crippen MR) is 74.8 cm³/mol. The van der Waals surface area contributed by atoms with E-state index in [9.17, 15) is 9.90 Å². The Hall–Kier alpha value is -1.92. The Morgan fingerprint density at radius 3 is 2.85 bits per heavy atom. The fourth-order valence-electron chi connectivity index (χ4n) is 2.02. The van der Waals surface area contributed by atoms with Crippen molar-refractivity contribution in [3.05, 3.63) is 29.3 Å². The molecule has 1 fully saturated rings. The van der Waals surface area contributed by atoms with Gasteiger partial charge < -0.3 is 14.9 Å². The number of para-hydroxylation sites is 1. The minimum atomic E-state index is -1.15. The minimum Gasteiger partial charge on any atom is -0.506 e. The van der Waals surface area contributed by atoms with Crippen LogP contribution in [0.2, 0.25) is 0 Å². The highest BCUT2D eigenvalue weighted by Crippen LogP contribution is 2.20. The third-order valence-corrected chi connectivity index (χ3v) is 3.18. The molecule has 0 aliphatic carbocycles. The number of aliphatic imine (C=N–C) groups is 1. The maximum atomic E-state index is 10.9. The highest BCUT2D eigenvalue weighted by Gasteiger charge is 2.11. The van der Waals surface area contributed by atoms with E-state index in [4.69, 9.17) is 9.84 Å². The van der Waals surface area contributed by atoms with Gasteiger partial charge in [0.1, 0.15) is 11.3 Å². The maximum Gasteiger partial charge on any atom is 0.339 e. The normalized spacial score (nSPS) is 16.6. The quantitative estimate of drug-likeness (QED) is 0.780. The number of aromatic hydroxyl groups is 1. The van der Waals surface area contributed by atoms with Crippen LogP contribution < -0.4 is 0 Å². The largest absolute Gasteiger partial charge is 0.506 e. The van der Waals surface area contributed by atoms with Crippen LogP contribution in [0.15, 0.2) is 23.2 Å². The highest BCUT2D eigenvalue weighted by molar-refractivity contribution is 5.95. The van der Waals surface area contributed by atoms with Crippen LogP contribution in [-0.4, -0.2) is 66.7 Å². The van der Waals surface area contributed by atoms with E-state index in [1.807, 2.05) is 0 Å². The summed E-state index contributed by atoms with van der Waals surface area (Å²) in [6, 6.07) is 4.59. The number of morpholine rings is 1. The standard InChI is InChI=1S/C14H18N2O4/c17-13-11(2-1-3-12(13)14(18)19)10-15-4-5-16-6-8-20-9-7-16/h1-3,10,17H,4-9H2,(H,18,19). The number of carbonyl (C=O) groups is 1. The molecule has 0 spiro atoms. The smallest absolute Gasteiger partial charge is 0.339 e. The molecule has 108 valence electrons. The first-order valence-corrected chi connectivity index (χ1v) is 6.53. The number of nitrogens with zero attached hydrogens (tertiary/aromatic N) is 2. The zero-order valence-electron chi connectivity index (χ0n) is 11.2. The topological polar surface area (TPSA) is 82.4 Å². The molecule has 0 unspecified atom stereocenters. The van der Waals surface area contributed by atoms with E-state index in [2.05, 4.69) is 9.89 Å². The summed E-state index contributed by atoms with van der Waals surface area (Å²) in [4.78, 5) is 17.4. The lowest BCUT2D eigenvalue weighted by Gasteiger charge is -2.25. The molecule has 1 heterocycles. The van der Waals surface area contributed by atoms with Gasteiger partial charge in [0.15, 0.2) is 0 Å². The summed E-state index contributed by atoms with van der Waals surface area (Å²) in [5, 5.41) is 18.7. The molecular weight excluding hydrogens is 260 g/mol. The molecule has 0 radical (unpaired) electrons. The second-order valence-corrected chi connectivity index (χ2v) is 4.54. The van der Waals surface area contributed by atoms with Gasteiger partial charge in [-0.3, -0.25) is 9.89 Å². The van der Waals surface area contributed by atoms with E-state index in [0.717, 1.165) is 32.8 Å². The first kappa shape index (κ1) is 14.5. The van der Waals surface area contributed by atoms with E-state index in [-0.39, 0.29) is 11.3 Å². The molecule has 6 nitrogen and oxygen atoms in total. The zero-order chi connectivity index (χ0) is 14.4. The summed E-state index contributed by atoms with van der Waals surface area (Å²) >= 11 is 0. The third-order valence-electron chi connectivity index (χ3n) is 3.18. The van der Waals surface area contributed by atoms with Crippen LogP contribution in [0, 0.1) is 0 Å². The Balaban J connectivity index is 1.90. The lowest BCUT2D eigenvalue weighted by Crippen LogP contribution is -2.37. The Labute approximate surface area is 117 Å². The molecule has 2 N–H and O–H groups in total. The highest BCUT2D eigenvalue weighted by atomic mass is 16.5. The Morgan fingerprint density at radius 1 is 1.40 bits per heavy atom. The third kappa shape index (κ3) is 3.79. The SMILES string of the molecule is O=C(O)c1cccc(C=NCCN2CCOCC2)c1O. The van der Waals surface area contributed by atoms with Crippen molar-refractivity contribution in [1.29, 1.82) is 0 Å². The lowest BCUT2D eigenvalue weighted by atomic mass is 10.1. The summed E-state index contributed by atoms with van der Waals surface area (Å²) in [5.74, 6) is -1.39. The van der Waals surface area contributed by atoms with Crippen LogP contribution in [0.25, 0.3) is 0 Å². The van der Waals surface area contributed by atoms with Crippen LogP contribution in [0.4, 0.5) is 0 Å². The number of ether oxygens (including phenoxy) is 1. The van der Waals surface area contributed by atoms with Gasteiger partial charge in [0.2, 0.25) is 0 Å². The van der Waals surface area contributed by atoms with Gasteiger partial charge in [-0.15, -0.1) is 0 Å². The number of aromatic carboxylic acids is 1. The van der Waals surface area contributed by atoms with Crippen LogP contribution in [0.3, 0.4) is 0 Å². The van der Waals surface area contributed by atoms with Gasteiger partial charge in [0, 0.05) is 31.4 Å². The first-order chi connectivity index (χ1) is 9.68. The molecule has 0 aromatic heterocycles. The van der Waals surface area contributed by atoms with Crippen molar-refractivity contribution < 1.29 is 19.7 Å². The first-order valence-electron chi connectivity index (χ1n) is 6.53. The minimum absolute atomic E-state index is 0.109. The summed E-state index contributed by atoms with van der Waals surface area (Å²) in [6.07, 6.45) is 1.52. The van der Waals surface area contributed by atoms with Crippen molar-refractivity contribution in [3.63, 3.8) is 0 Å². The number of benzene rings is 1. The van der Waals surface area contributed by atoms with Crippen LogP contribution in [0.1, 0.15) is 15.9 Å². The Kier molecular flexibility index (Phi) is 5.09. The van der Waals surface area contributed by atoms with Crippen molar-refractivity contribution in [2.75, 3.05) is 39.4 Å². The molecule has 0 atom stereocenters. The van der Waals surface area contributed by atoms with Crippen molar-refractivity contribution in [2.45, 2.75) is 0 Å². The van der Waals surface area contributed by atoms with Gasteiger partial charge in [-0.05, 0) is 12.1 Å². The molecule has 6 heteroatoms. The average Bonchev–Trinajstić information content (AvgIpc) is 2.46. The molecule has 1 aliphatic rings. The maximum absolute atomic E-state index is 10.9. The number of carboxylic acid groups (broad SMARTS) is 1. The number of hydrogen-bond acceptors (Lipinski definition) is 5. The van der Waals surface area contributed by atoms with Crippen molar-refractivity contribution in [2.24, 2.45) is 4.99 Å². The van der Waals surface area contributed by atoms with Gasteiger partial charge >= 0.3 is 5.97 Å². The number of rotatable bonds is 5. The van der Waals surface area contributed by atoms with Gasteiger partial charge in [0.05, 0.1) is 19.8 Å². The molecule has 20 heavy (non-hydrogen) atoms. The molecular formula is C14H18N2O4. The zero-order valence-corrected chi connectivity index (χ0v) is 11.2. The summed E-state index contributed by atoms with van der Waals surface area (Å²) in [6.45, 7) is 4.77. The van der Waals surface area contributed by atoms with Gasteiger partial charge in [0.25, 0.3) is 0 Å². The van der Waals surface area contributed by atoms with E-state index in [0.29, 0.717) is 12.1 Å². The van der Waals surface area contributed by atoms with Crippen molar-refractivity contribution in [1.82, 2.24) is 4.90 Å². The summed E-state index contributed by atoms with van der Waals surface area (Å²) in [5.41, 5.74) is 0.314. The van der Waals surface area contributed by atoms with E-state index >= 15 is 0 Å².